The van der Waals surface area contributed by atoms with Gasteiger partial charge in [0.2, 0.25) is 5.91 Å². The summed E-state index contributed by atoms with van der Waals surface area (Å²) in [5.41, 5.74) is 0. The van der Waals surface area contributed by atoms with E-state index in [0.717, 1.165) is 0 Å². The van der Waals surface area contributed by atoms with Gasteiger partial charge in [-0.25, -0.2) is 0 Å². The van der Waals surface area contributed by atoms with Crippen LogP contribution in [0.25, 0.3) is 0 Å². The summed E-state index contributed by atoms with van der Waals surface area (Å²) < 4.78 is 10.4. The molecular formula is C10H19NO6. The molecule has 1 aliphatic heterocycles. The summed E-state index contributed by atoms with van der Waals surface area (Å²) in [5, 5.41) is 31.1. The average Bonchev–Trinajstić information content (AvgIpc) is 2.27. The van der Waals surface area contributed by atoms with E-state index in [2.05, 4.69) is 5.32 Å². The predicted molar refractivity (Wildman–Crippen MR) is 57.0 cm³/mol. The van der Waals surface area contributed by atoms with Crippen molar-refractivity contribution in [1.82, 2.24) is 5.32 Å². The summed E-state index contributed by atoms with van der Waals surface area (Å²) in [6.45, 7) is 2.95. The fourth-order valence-electron chi connectivity index (χ4n) is 1.87. The van der Waals surface area contributed by atoms with E-state index >= 15 is 0 Å². The fraction of sp³-hybridized carbons (Fsp3) is 0.900. The van der Waals surface area contributed by atoms with Crippen molar-refractivity contribution in [3.8, 4) is 0 Å². The molecule has 1 aliphatic rings. The number of aliphatic hydroxyl groups excluding tert-OH is 3. The topological polar surface area (TPSA) is 108 Å². The van der Waals surface area contributed by atoms with E-state index in [1.807, 2.05) is 0 Å². The molecule has 0 radical (unpaired) electrons. The van der Waals surface area contributed by atoms with Crippen molar-refractivity contribution in [2.45, 2.75) is 44.5 Å². The lowest BCUT2D eigenvalue weighted by Gasteiger charge is -2.42. The first-order chi connectivity index (χ1) is 8.01. The molecule has 4 N–H and O–H groups in total. The smallest absolute Gasteiger partial charge is 0.217 e. The minimum absolute atomic E-state index is 0.324. The number of aliphatic hydroxyl groups is 3. The van der Waals surface area contributed by atoms with Gasteiger partial charge in [-0.1, -0.05) is 0 Å². The Bertz CT molecular complexity index is 261. The first-order valence-corrected chi connectivity index (χ1v) is 5.52. The minimum atomic E-state index is -1.37. The van der Waals surface area contributed by atoms with Gasteiger partial charge >= 0.3 is 0 Å². The van der Waals surface area contributed by atoms with E-state index in [9.17, 15) is 15.0 Å². The Balaban J connectivity index is 2.77. The Morgan fingerprint density at radius 2 is 2.12 bits per heavy atom. The largest absolute Gasteiger partial charge is 0.394 e. The van der Waals surface area contributed by atoms with Crippen LogP contribution >= 0.6 is 0 Å². The van der Waals surface area contributed by atoms with Crippen LogP contribution in [-0.4, -0.2) is 65.1 Å². The molecule has 0 aromatic heterocycles. The van der Waals surface area contributed by atoms with Gasteiger partial charge < -0.3 is 30.1 Å². The molecule has 17 heavy (non-hydrogen) atoms. The van der Waals surface area contributed by atoms with Crippen LogP contribution in [0.15, 0.2) is 0 Å². The molecule has 7 nitrogen and oxygen atoms in total. The van der Waals surface area contributed by atoms with Crippen LogP contribution < -0.4 is 5.32 Å². The van der Waals surface area contributed by atoms with E-state index in [1.165, 1.54) is 6.92 Å². The molecule has 1 saturated heterocycles. The van der Waals surface area contributed by atoms with E-state index < -0.39 is 36.6 Å². The number of carbonyl (C=O) groups is 1. The quantitative estimate of drug-likeness (QED) is 0.457. The summed E-state index contributed by atoms with van der Waals surface area (Å²) in [5.74, 6) is -0.394. The number of ether oxygens (including phenoxy) is 2. The zero-order valence-corrected chi connectivity index (χ0v) is 9.87. The lowest BCUT2D eigenvalue weighted by Crippen LogP contribution is -2.64. The van der Waals surface area contributed by atoms with Crippen LogP contribution in [0.2, 0.25) is 0 Å². The van der Waals surface area contributed by atoms with Gasteiger partial charge in [0.15, 0.2) is 6.29 Å². The van der Waals surface area contributed by atoms with Crippen LogP contribution in [0.3, 0.4) is 0 Å². The maximum absolute atomic E-state index is 10.9. The molecule has 0 bridgehead atoms. The molecular weight excluding hydrogens is 230 g/mol. The number of nitrogens with one attached hydrogen (secondary N) is 1. The van der Waals surface area contributed by atoms with E-state index in [-0.39, 0.29) is 6.61 Å². The third-order valence-corrected chi connectivity index (χ3v) is 2.60. The van der Waals surface area contributed by atoms with E-state index in [1.54, 1.807) is 6.92 Å². The SMILES string of the molecule is CCO[C@H]1[C@H](O)[C@@H](NC(C)=O)[C@@H](O)O[C@@H]1CO. The number of hydrogen-bond donors (Lipinski definition) is 4. The molecule has 5 atom stereocenters. The first-order valence-electron chi connectivity index (χ1n) is 5.52. The highest BCUT2D eigenvalue weighted by atomic mass is 16.6. The summed E-state index contributed by atoms with van der Waals surface area (Å²) in [4.78, 5) is 10.9. The molecule has 100 valence electrons. The summed E-state index contributed by atoms with van der Waals surface area (Å²) >= 11 is 0. The molecule has 1 amide bonds. The van der Waals surface area contributed by atoms with Gasteiger partial charge in [-0.2, -0.15) is 0 Å². The number of carbonyl (C=O) groups excluding carboxylic acids is 1. The molecule has 7 heteroatoms. The van der Waals surface area contributed by atoms with Crippen molar-refractivity contribution in [2.24, 2.45) is 0 Å². The molecule has 0 unspecified atom stereocenters. The van der Waals surface area contributed by atoms with Crippen molar-refractivity contribution in [1.29, 1.82) is 0 Å². The van der Waals surface area contributed by atoms with Crippen molar-refractivity contribution >= 4 is 5.91 Å². The minimum Gasteiger partial charge on any atom is -0.394 e. The van der Waals surface area contributed by atoms with Crippen molar-refractivity contribution in [3.05, 3.63) is 0 Å². The van der Waals surface area contributed by atoms with Gasteiger partial charge in [0.05, 0.1) is 6.61 Å². The molecule has 1 rings (SSSR count). The lowest BCUT2D eigenvalue weighted by atomic mass is 9.97. The second-order valence-electron chi connectivity index (χ2n) is 3.88. The van der Waals surface area contributed by atoms with Crippen molar-refractivity contribution < 1.29 is 29.6 Å². The van der Waals surface area contributed by atoms with Gasteiger partial charge in [0, 0.05) is 13.5 Å². The Morgan fingerprint density at radius 1 is 1.47 bits per heavy atom. The molecule has 1 fully saturated rings. The molecule has 0 aromatic rings. The number of amides is 1. The van der Waals surface area contributed by atoms with E-state index in [4.69, 9.17) is 14.6 Å². The first kappa shape index (κ1) is 14.3. The third kappa shape index (κ3) is 3.36. The molecule has 1 heterocycles. The second-order valence-corrected chi connectivity index (χ2v) is 3.88. The zero-order valence-electron chi connectivity index (χ0n) is 9.87. The van der Waals surface area contributed by atoms with Crippen LogP contribution in [-0.2, 0) is 14.3 Å². The van der Waals surface area contributed by atoms with Crippen molar-refractivity contribution in [2.75, 3.05) is 13.2 Å². The highest BCUT2D eigenvalue weighted by molar-refractivity contribution is 5.73. The monoisotopic (exact) mass is 249 g/mol. The van der Waals surface area contributed by atoms with Crippen LogP contribution in [0.4, 0.5) is 0 Å². The average molecular weight is 249 g/mol. The van der Waals surface area contributed by atoms with Crippen LogP contribution in [0.5, 0.6) is 0 Å². The molecule has 0 spiro atoms. The van der Waals surface area contributed by atoms with Gasteiger partial charge in [-0.05, 0) is 6.92 Å². The Hall–Kier alpha value is -0.730. The van der Waals surface area contributed by atoms with E-state index in [0.29, 0.717) is 6.61 Å². The molecule has 0 aliphatic carbocycles. The number of rotatable bonds is 4. The van der Waals surface area contributed by atoms with Crippen LogP contribution in [0, 0.1) is 0 Å². The second kappa shape index (κ2) is 6.27. The van der Waals surface area contributed by atoms with Gasteiger partial charge in [-0.15, -0.1) is 0 Å². The lowest BCUT2D eigenvalue weighted by molar-refractivity contribution is -0.262. The summed E-state index contributed by atoms with van der Waals surface area (Å²) in [6, 6.07) is -0.966. The summed E-state index contributed by atoms with van der Waals surface area (Å²) in [7, 11) is 0. The van der Waals surface area contributed by atoms with Crippen LogP contribution in [0.1, 0.15) is 13.8 Å². The normalized spacial score (nSPS) is 37.8. The standard InChI is InChI=1S/C10H19NO6/c1-3-16-9-6(4-12)17-10(15)7(8(9)14)11-5(2)13/h6-10,12,14-15H,3-4H2,1-2H3,(H,11,13)/t6-,7-,8-,9-,10+/m1/s1. The van der Waals surface area contributed by atoms with Gasteiger partial charge in [0.25, 0.3) is 0 Å². The zero-order chi connectivity index (χ0) is 13.0. The Labute approximate surface area is 99.3 Å². The summed E-state index contributed by atoms with van der Waals surface area (Å²) in [6.07, 6.45) is -4.11. The van der Waals surface area contributed by atoms with Gasteiger partial charge in [0.1, 0.15) is 24.4 Å². The van der Waals surface area contributed by atoms with Gasteiger partial charge in [-0.3, -0.25) is 4.79 Å². The highest BCUT2D eigenvalue weighted by Gasteiger charge is 2.45. The number of hydrogen-bond acceptors (Lipinski definition) is 6. The maximum Gasteiger partial charge on any atom is 0.217 e. The highest BCUT2D eigenvalue weighted by Crippen LogP contribution is 2.22. The Kier molecular flexibility index (Phi) is 5.29. The van der Waals surface area contributed by atoms with Crippen molar-refractivity contribution in [3.63, 3.8) is 0 Å². The third-order valence-electron chi connectivity index (χ3n) is 2.60. The molecule has 0 aromatic carbocycles. The predicted octanol–water partition coefficient (Wildman–Crippen LogP) is -2.03. The maximum atomic E-state index is 10.9. The Morgan fingerprint density at radius 3 is 2.59 bits per heavy atom. The fourth-order valence-corrected chi connectivity index (χ4v) is 1.87. The molecule has 0 saturated carbocycles.